The maximum absolute atomic E-state index is 10.9. The van der Waals surface area contributed by atoms with Crippen molar-refractivity contribution in [3.63, 3.8) is 0 Å². The van der Waals surface area contributed by atoms with Crippen LogP contribution in [0.15, 0.2) is 11.3 Å². The summed E-state index contributed by atoms with van der Waals surface area (Å²) >= 11 is 0. The molecule has 0 aromatic heterocycles. The van der Waals surface area contributed by atoms with Crippen LogP contribution in [0.4, 0.5) is 0 Å². The van der Waals surface area contributed by atoms with Gasteiger partial charge in [-0.25, -0.2) is 0 Å². The zero-order valence-electron chi connectivity index (χ0n) is 6.70. The molecule has 0 fully saturated rings. The quantitative estimate of drug-likeness (QED) is 0.612. The first kappa shape index (κ1) is 8.77. The summed E-state index contributed by atoms with van der Waals surface area (Å²) in [5.41, 5.74) is 0.277. The van der Waals surface area contributed by atoms with Crippen molar-refractivity contribution in [3.8, 4) is 0 Å². The summed E-state index contributed by atoms with van der Waals surface area (Å²) in [6, 6.07) is 0. The average Bonchev–Trinajstić information content (AvgIpc) is 2.00. The van der Waals surface area contributed by atoms with Gasteiger partial charge in [0.1, 0.15) is 0 Å². The highest BCUT2D eigenvalue weighted by molar-refractivity contribution is 5.96. The lowest BCUT2D eigenvalue weighted by Gasteiger charge is -2.18. The van der Waals surface area contributed by atoms with E-state index in [0.717, 1.165) is 0 Å². The Hall–Kier alpha value is -1.32. The number of hydrogen-bond acceptors (Lipinski definition) is 3. The van der Waals surface area contributed by atoms with Crippen LogP contribution >= 0.6 is 0 Å². The van der Waals surface area contributed by atoms with Crippen molar-refractivity contribution in [2.24, 2.45) is 5.92 Å². The molecular formula is C8H10O4. The number of carboxylic acids is 1. The molecule has 0 aromatic carbocycles. The van der Waals surface area contributed by atoms with Gasteiger partial charge in [0, 0.05) is 6.42 Å². The van der Waals surface area contributed by atoms with Gasteiger partial charge in [-0.1, -0.05) is 0 Å². The number of aliphatic hydroxyl groups excluding tert-OH is 1. The second-order valence-electron chi connectivity index (χ2n) is 2.88. The summed E-state index contributed by atoms with van der Waals surface area (Å²) in [6.07, 6.45) is 0.421. The van der Waals surface area contributed by atoms with E-state index in [1.807, 2.05) is 0 Å². The Bertz CT molecular complexity index is 264. The molecule has 0 aliphatic heterocycles. The van der Waals surface area contributed by atoms with Gasteiger partial charge in [-0.2, -0.15) is 0 Å². The molecule has 12 heavy (non-hydrogen) atoms. The highest BCUT2D eigenvalue weighted by Crippen LogP contribution is 2.26. The van der Waals surface area contributed by atoms with Gasteiger partial charge >= 0.3 is 5.97 Å². The molecule has 0 amide bonds. The third kappa shape index (κ3) is 1.32. The summed E-state index contributed by atoms with van der Waals surface area (Å²) in [4.78, 5) is 21.4. The van der Waals surface area contributed by atoms with Gasteiger partial charge in [0.2, 0.25) is 0 Å². The van der Waals surface area contributed by atoms with Gasteiger partial charge in [-0.3, -0.25) is 9.59 Å². The number of rotatable bonds is 1. The van der Waals surface area contributed by atoms with Crippen molar-refractivity contribution < 1.29 is 19.8 Å². The van der Waals surface area contributed by atoms with Crippen LogP contribution in [0, 0.1) is 5.92 Å². The minimum Gasteiger partial charge on any atom is -0.504 e. The summed E-state index contributed by atoms with van der Waals surface area (Å²) in [6.45, 7) is 1.48. The fraction of sp³-hybridized carbons (Fsp3) is 0.500. The molecule has 1 aliphatic rings. The van der Waals surface area contributed by atoms with Crippen LogP contribution in [-0.4, -0.2) is 22.0 Å². The van der Waals surface area contributed by atoms with E-state index in [4.69, 9.17) is 10.2 Å². The minimum absolute atomic E-state index is 0.125. The third-order valence-corrected chi connectivity index (χ3v) is 2.12. The van der Waals surface area contributed by atoms with Crippen molar-refractivity contribution in [2.45, 2.75) is 19.8 Å². The zero-order valence-corrected chi connectivity index (χ0v) is 6.70. The van der Waals surface area contributed by atoms with Crippen molar-refractivity contribution in [2.75, 3.05) is 0 Å². The van der Waals surface area contributed by atoms with E-state index in [0.29, 0.717) is 6.42 Å². The topological polar surface area (TPSA) is 74.6 Å². The number of ketones is 1. The molecule has 0 saturated heterocycles. The van der Waals surface area contributed by atoms with Crippen LogP contribution in [0.25, 0.3) is 0 Å². The molecular weight excluding hydrogens is 160 g/mol. The largest absolute Gasteiger partial charge is 0.504 e. The van der Waals surface area contributed by atoms with Crippen LogP contribution in [0.2, 0.25) is 0 Å². The van der Waals surface area contributed by atoms with Gasteiger partial charge in [0.25, 0.3) is 0 Å². The standard InChI is InChI=1S/C8H10O4/c1-4-5(8(11)12)2-3-6(9)7(4)10/h5,10H,2-3H2,1H3,(H,11,12). The lowest BCUT2D eigenvalue weighted by Crippen LogP contribution is -2.24. The van der Waals surface area contributed by atoms with E-state index < -0.39 is 11.9 Å². The maximum atomic E-state index is 10.9. The zero-order chi connectivity index (χ0) is 9.30. The molecule has 0 saturated carbocycles. The lowest BCUT2D eigenvalue weighted by molar-refractivity contribution is -0.141. The highest BCUT2D eigenvalue weighted by atomic mass is 16.4. The minimum atomic E-state index is -0.980. The van der Waals surface area contributed by atoms with Crippen molar-refractivity contribution in [1.82, 2.24) is 0 Å². The molecule has 4 nitrogen and oxygen atoms in total. The Morgan fingerprint density at radius 1 is 1.58 bits per heavy atom. The van der Waals surface area contributed by atoms with Crippen molar-refractivity contribution >= 4 is 11.8 Å². The van der Waals surface area contributed by atoms with Crippen LogP contribution in [0.5, 0.6) is 0 Å². The first-order valence-electron chi connectivity index (χ1n) is 3.69. The molecule has 4 heteroatoms. The molecule has 0 bridgehead atoms. The van der Waals surface area contributed by atoms with Gasteiger partial charge in [-0.05, 0) is 18.9 Å². The van der Waals surface area contributed by atoms with Gasteiger partial charge in [-0.15, -0.1) is 0 Å². The normalized spacial score (nSPS) is 24.4. The van der Waals surface area contributed by atoms with E-state index >= 15 is 0 Å². The summed E-state index contributed by atoms with van der Waals surface area (Å²) in [5, 5.41) is 17.8. The molecule has 0 heterocycles. The van der Waals surface area contributed by atoms with Crippen LogP contribution in [-0.2, 0) is 9.59 Å². The Labute approximate surface area is 69.5 Å². The fourth-order valence-electron chi connectivity index (χ4n) is 1.30. The molecule has 1 aliphatic carbocycles. The summed E-state index contributed by atoms with van der Waals surface area (Å²) in [7, 11) is 0. The molecule has 0 spiro atoms. The summed E-state index contributed by atoms with van der Waals surface area (Å²) < 4.78 is 0. The number of Topliss-reactive ketones (excluding diaryl/α,β-unsaturated/α-hetero) is 1. The summed E-state index contributed by atoms with van der Waals surface area (Å²) in [5.74, 6) is -2.40. The maximum Gasteiger partial charge on any atom is 0.310 e. The van der Waals surface area contributed by atoms with Crippen LogP contribution < -0.4 is 0 Å². The number of carbonyl (C=O) groups excluding carboxylic acids is 1. The first-order valence-corrected chi connectivity index (χ1v) is 3.69. The van der Waals surface area contributed by atoms with Crippen LogP contribution in [0.3, 0.4) is 0 Å². The third-order valence-electron chi connectivity index (χ3n) is 2.12. The lowest BCUT2D eigenvalue weighted by atomic mass is 9.87. The van der Waals surface area contributed by atoms with E-state index in [9.17, 15) is 9.59 Å². The van der Waals surface area contributed by atoms with Crippen molar-refractivity contribution in [1.29, 1.82) is 0 Å². The van der Waals surface area contributed by atoms with E-state index in [1.165, 1.54) is 6.92 Å². The first-order chi connectivity index (χ1) is 5.54. The second kappa shape index (κ2) is 2.97. The van der Waals surface area contributed by atoms with Gasteiger partial charge in [0.15, 0.2) is 11.5 Å². The van der Waals surface area contributed by atoms with Gasteiger partial charge in [0.05, 0.1) is 5.92 Å². The molecule has 0 aromatic rings. The number of aliphatic carboxylic acids is 1. The molecule has 1 unspecified atom stereocenters. The number of carbonyl (C=O) groups is 2. The smallest absolute Gasteiger partial charge is 0.310 e. The SMILES string of the molecule is CC1=C(O)C(=O)CCC1C(=O)O. The predicted octanol–water partition coefficient (Wildman–Crippen LogP) is 0.882. The molecule has 66 valence electrons. The highest BCUT2D eigenvalue weighted by Gasteiger charge is 2.29. The van der Waals surface area contributed by atoms with Crippen LogP contribution in [0.1, 0.15) is 19.8 Å². The van der Waals surface area contributed by atoms with E-state index in [1.54, 1.807) is 0 Å². The predicted molar refractivity (Wildman–Crippen MR) is 40.7 cm³/mol. The number of hydrogen-bond donors (Lipinski definition) is 2. The Morgan fingerprint density at radius 3 is 2.67 bits per heavy atom. The number of allylic oxidation sites excluding steroid dienone is 1. The monoisotopic (exact) mass is 170 g/mol. The van der Waals surface area contributed by atoms with Crippen molar-refractivity contribution in [3.05, 3.63) is 11.3 Å². The Balaban J connectivity index is 2.98. The number of carboxylic acid groups (broad SMARTS) is 1. The van der Waals surface area contributed by atoms with E-state index in [-0.39, 0.29) is 23.5 Å². The molecule has 1 rings (SSSR count). The molecule has 0 radical (unpaired) electrons. The van der Waals surface area contributed by atoms with Gasteiger partial charge < -0.3 is 10.2 Å². The van der Waals surface area contributed by atoms with E-state index in [2.05, 4.69) is 0 Å². The fourth-order valence-corrected chi connectivity index (χ4v) is 1.30. The molecule has 2 N–H and O–H groups in total. The molecule has 1 atom stereocenters. The Morgan fingerprint density at radius 2 is 2.17 bits per heavy atom. The Kier molecular flexibility index (Phi) is 2.17. The second-order valence-corrected chi connectivity index (χ2v) is 2.88. The number of aliphatic hydroxyl groups is 1. The average molecular weight is 170 g/mol.